The monoisotopic (exact) mass is 415 g/mol. The van der Waals surface area contributed by atoms with Gasteiger partial charge in [-0.15, -0.1) is 0 Å². The van der Waals surface area contributed by atoms with E-state index < -0.39 is 0 Å². The first-order valence-electron chi connectivity index (χ1n) is 8.52. The fourth-order valence-electron chi connectivity index (χ4n) is 3.18. The molecule has 2 N–H and O–H groups in total. The fraction of sp³-hybridized carbons (Fsp3) is 0.300. The van der Waals surface area contributed by atoms with Crippen LogP contribution in [-0.4, -0.2) is 27.8 Å². The normalized spacial score (nSPS) is 11.3. The minimum absolute atomic E-state index is 0.129. The van der Waals surface area contributed by atoms with Crippen LogP contribution in [-0.2, 0) is 6.54 Å². The van der Waals surface area contributed by atoms with Crippen LogP contribution in [0.1, 0.15) is 46.8 Å². The summed E-state index contributed by atoms with van der Waals surface area (Å²) < 4.78 is 0.858. The average molecular weight is 416 g/mol. The molecule has 6 heteroatoms. The molecule has 0 atom stereocenters. The molecule has 1 aromatic carbocycles. The molecular weight excluding hydrogens is 394 g/mol. The third kappa shape index (κ3) is 3.33. The molecule has 2 aromatic heterocycles. The van der Waals surface area contributed by atoms with Crippen LogP contribution < -0.4 is 5.56 Å². The van der Waals surface area contributed by atoms with Crippen molar-refractivity contribution >= 4 is 32.7 Å². The van der Waals surface area contributed by atoms with Crippen molar-refractivity contribution in [2.75, 3.05) is 7.05 Å². The number of hydrogen-bond donors (Lipinski definition) is 2. The number of hydrogen-bond acceptors (Lipinski definition) is 2. The van der Waals surface area contributed by atoms with Crippen LogP contribution in [0.15, 0.2) is 39.9 Å². The van der Waals surface area contributed by atoms with Crippen molar-refractivity contribution in [3.8, 4) is 0 Å². The Morgan fingerprint density at radius 1 is 1.27 bits per heavy atom. The summed E-state index contributed by atoms with van der Waals surface area (Å²) in [5.41, 5.74) is 3.90. The van der Waals surface area contributed by atoms with E-state index >= 15 is 0 Å². The van der Waals surface area contributed by atoms with Gasteiger partial charge >= 0.3 is 0 Å². The van der Waals surface area contributed by atoms with Crippen molar-refractivity contribution in [1.82, 2.24) is 14.9 Å². The molecule has 0 unspecified atom stereocenters. The van der Waals surface area contributed by atoms with Gasteiger partial charge in [0.05, 0.1) is 17.6 Å². The summed E-state index contributed by atoms with van der Waals surface area (Å²) in [5, 5.41) is 1.04. The van der Waals surface area contributed by atoms with Gasteiger partial charge in [-0.1, -0.05) is 29.8 Å². The first kappa shape index (κ1) is 18.5. The van der Waals surface area contributed by atoms with Crippen LogP contribution in [0.4, 0.5) is 0 Å². The molecule has 5 nitrogen and oxygen atoms in total. The maximum absolute atomic E-state index is 13.1. The lowest BCUT2D eigenvalue weighted by molar-refractivity contribution is 0.0786. The molecule has 0 aliphatic heterocycles. The topological polar surface area (TPSA) is 69.0 Å². The van der Waals surface area contributed by atoms with E-state index in [1.165, 1.54) is 5.56 Å². The lowest BCUT2D eigenvalue weighted by atomic mass is 10.0. The van der Waals surface area contributed by atoms with Crippen LogP contribution in [0.25, 0.3) is 10.9 Å². The highest BCUT2D eigenvalue weighted by atomic mass is 79.9. The number of nitrogens with zero attached hydrogens (tertiary/aromatic N) is 1. The van der Waals surface area contributed by atoms with E-state index in [0.717, 1.165) is 20.9 Å². The van der Waals surface area contributed by atoms with E-state index in [4.69, 9.17) is 0 Å². The minimum atomic E-state index is -0.161. The maximum Gasteiger partial charge on any atom is 0.256 e. The Labute approximate surface area is 160 Å². The van der Waals surface area contributed by atoms with Crippen molar-refractivity contribution in [3.05, 3.63) is 67.7 Å². The number of carbonyl (C=O) groups excluding carboxylic acids is 1. The van der Waals surface area contributed by atoms with Crippen molar-refractivity contribution < 1.29 is 4.79 Å². The molecule has 0 saturated carbocycles. The number of pyridine rings is 1. The Bertz CT molecular complexity index is 1030. The Hall–Kier alpha value is -2.34. The number of rotatable bonds is 4. The molecule has 0 aliphatic rings. The summed E-state index contributed by atoms with van der Waals surface area (Å²) in [6, 6.07) is 5.69. The first-order valence-corrected chi connectivity index (χ1v) is 9.32. The van der Waals surface area contributed by atoms with Gasteiger partial charge in [0.25, 0.3) is 11.5 Å². The van der Waals surface area contributed by atoms with Gasteiger partial charge in [-0.25, -0.2) is 0 Å². The summed E-state index contributed by atoms with van der Waals surface area (Å²) >= 11 is 3.52. The molecular formula is C20H22BrN3O2. The number of halogens is 1. The number of H-pyrrole nitrogens is 2. The summed E-state index contributed by atoms with van der Waals surface area (Å²) in [6.07, 6.45) is 3.58. The number of amides is 1. The Balaban J connectivity index is 2.01. The second-order valence-corrected chi connectivity index (χ2v) is 7.82. The zero-order chi connectivity index (χ0) is 19.0. The molecule has 0 spiro atoms. The van der Waals surface area contributed by atoms with Gasteiger partial charge in [-0.2, -0.15) is 0 Å². The molecule has 0 bridgehead atoms. The molecule has 2 heterocycles. The third-order valence-electron chi connectivity index (χ3n) is 4.68. The molecule has 136 valence electrons. The Morgan fingerprint density at radius 2 is 2.00 bits per heavy atom. The second kappa shape index (κ2) is 7.11. The van der Waals surface area contributed by atoms with Gasteiger partial charge in [0.2, 0.25) is 0 Å². The summed E-state index contributed by atoms with van der Waals surface area (Å²) in [7, 11) is 1.72. The summed E-state index contributed by atoms with van der Waals surface area (Å²) in [6.45, 7) is 6.38. The van der Waals surface area contributed by atoms with Gasteiger partial charge in [0, 0.05) is 34.9 Å². The highest BCUT2D eigenvalue weighted by Gasteiger charge is 2.20. The fourth-order valence-corrected chi connectivity index (χ4v) is 3.64. The van der Waals surface area contributed by atoms with Gasteiger partial charge in [0.1, 0.15) is 0 Å². The number of carbonyl (C=O) groups is 1. The van der Waals surface area contributed by atoms with Gasteiger partial charge in [-0.05, 0) is 42.2 Å². The predicted molar refractivity (Wildman–Crippen MR) is 108 cm³/mol. The van der Waals surface area contributed by atoms with E-state index in [2.05, 4.69) is 39.7 Å². The quantitative estimate of drug-likeness (QED) is 0.665. The van der Waals surface area contributed by atoms with Gasteiger partial charge < -0.3 is 14.9 Å². The van der Waals surface area contributed by atoms with E-state index in [-0.39, 0.29) is 18.0 Å². The molecule has 26 heavy (non-hydrogen) atoms. The highest BCUT2D eigenvalue weighted by Crippen LogP contribution is 2.31. The van der Waals surface area contributed by atoms with E-state index in [1.54, 1.807) is 18.1 Å². The number of aromatic amines is 2. The lowest BCUT2D eigenvalue weighted by Crippen LogP contribution is -2.30. The van der Waals surface area contributed by atoms with Gasteiger partial charge in [0.15, 0.2) is 0 Å². The largest absolute Gasteiger partial charge is 0.360 e. The van der Waals surface area contributed by atoms with Crippen LogP contribution >= 0.6 is 15.9 Å². The number of aromatic nitrogens is 2. The van der Waals surface area contributed by atoms with E-state index in [0.29, 0.717) is 17.0 Å². The van der Waals surface area contributed by atoms with Crippen LogP contribution in [0.3, 0.4) is 0 Å². The van der Waals surface area contributed by atoms with E-state index in [9.17, 15) is 9.59 Å². The third-order valence-corrected chi connectivity index (χ3v) is 5.14. The zero-order valence-electron chi connectivity index (χ0n) is 15.3. The van der Waals surface area contributed by atoms with Crippen LogP contribution in [0.5, 0.6) is 0 Å². The van der Waals surface area contributed by atoms with Crippen molar-refractivity contribution in [1.29, 1.82) is 0 Å². The number of nitrogens with one attached hydrogen (secondary N) is 2. The van der Waals surface area contributed by atoms with Crippen LogP contribution in [0.2, 0.25) is 0 Å². The number of aryl methyl sites for hydroxylation is 1. The first-order chi connectivity index (χ1) is 12.3. The summed E-state index contributed by atoms with van der Waals surface area (Å²) in [4.78, 5) is 32.7. The number of fused-ring (bicyclic) bond motifs is 1. The molecule has 3 aromatic rings. The molecule has 3 rings (SSSR count). The standard InChI is InChI=1S/C20H22BrN3O2/c1-11(2)16-9-23-18-14(16)7-13(21)8-15(18)20(26)24(4)10-17-12(3)5-6-22-19(17)25/h5-9,11,23H,10H2,1-4H3,(H,22,25). The van der Waals surface area contributed by atoms with Crippen molar-refractivity contribution in [3.63, 3.8) is 0 Å². The molecule has 0 fully saturated rings. The molecule has 0 aliphatic carbocycles. The second-order valence-electron chi connectivity index (χ2n) is 6.90. The van der Waals surface area contributed by atoms with Gasteiger partial charge in [-0.3, -0.25) is 9.59 Å². The lowest BCUT2D eigenvalue weighted by Gasteiger charge is -2.19. The Morgan fingerprint density at radius 3 is 2.65 bits per heavy atom. The van der Waals surface area contributed by atoms with Crippen molar-refractivity contribution in [2.24, 2.45) is 0 Å². The predicted octanol–water partition coefficient (Wildman–Crippen LogP) is 4.32. The maximum atomic E-state index is 13.1. The zero-order valence-corrected chi connectivity index (χ0v) is 16.9. The van der Waals surface area contributed by atoms with Crippen LogP contribution in [0, 0.1) is 6.92 Å². The Kier molecular flexibility index (Phi) is 5.05. The molecule has 0 radical (unpaired) electrons. The minimum Gasteiger partial charge on any atom is -0.360 e. The number of benzene rings is 1. The van der Waals surface area contributed by atoms with Crippen molar-refractivity contribution in [2.45, 2.75) is 33.2 Å². The smallest absolute Gasteiger partial charge is 0.256 e. The SMILES string of the molecule is Cc1cc[nH]c(=O)c1CN(C)C(=O)c1cc(Br)cc2c(C(C)C)c[nH]c12. The average Bonchev–Trinajstić information content (AvgIpc) is 3.00. The highest BCUT2D eigenvalue weighted by molar-refractivity contribution is 9.10. The van der Waals surface area contributed by atoms with E-state index in [1.807, 2.05) is 31.3 Å². The molecule has 1 amide bonds. The molecule has 0 saturated heterocycles. The summed E-state index contributed by atoms with van der Waals surface area (Å²) in [5.74, 6) is 0.223.